The number of hydrogen-bond acceptors (Lipinski definition) is 10. The van der Waals surface area contributed by atoms with Crippen molar-refractivity contribution in [2.45, 2.75) is 13.5 Å². The molecule has 0 bridgehead atoms. The first kappa shape index (κ1) is 22.4. The molecule has 172 valence electrons. The maximum atomic E-state index is 11.3. The normalized spacial score (nSPS) is 13.5. The van der Waals surface area contributed by atoms with E-state index in [1.165, 1.54) is 0 Å². The van der Waals surface area contributed by atoms with E-state index < -0.39 is 11.9 Å². The molecule has 1 saturated heterocycles. The van der Waals surface area contributed by atoms with Gasteiger partial charge in [0.2, 0.25) is 5.95 Å². The van der Waals surface area contributed by atoms with Crippen molar-refractivity contribution in [2.75, 3.05) is 41.7 Å². The zero-order valence-corrected chi connectivity index (χ0v) is 18.6. The standard InChI is InChI=1S/C21H23N7O4S/c1-12-17(19(31)32)33-21(24-12)27-20-25-15(10-16(26-20)28-8-6-22-7-9-28)23-11-13-2-4-14(5-3-13)18(29)30/h2-5,10,22H,6-9,11H2,1H3,(H,29,30)(H,31,32)(H2,23,24,25,26,27). The molecule has 0 atom stereocenters. The second-order valence-corrected chi connectivity index (χ2v) is 8.39. The Labute approximate surface area is 193 Å². The Kier molecular flexibility index (Phi) is 6.66. The molecule has 0 amide bonds. The van der Waals surface area contributed by atoms with Crippen LogP contribution in [0.5, 0.6) is 0 Å². The van der Waals surface area contributed by atoms with Crippen molar-refractivity contribution in [3.05, 3.63) is 52.0 Å². The van der Waals surface area contributed by atoms with Crippen molar-refractivity contribution in [2.24, 2.45) is 0 Å². The summed E-state index contributed by atoms with van der Waals surface area (Å²) in [5.41, 5.74) is 1.56. The third-order valence-corrected chi connectivity index (χ3v) is 6.10. The zero-order valence-electron chi connectivity index (χ0n) is 17.8. The Balaban J connectivity index is 1.56. The predicted molar refractivity (Wildman–Crippen MR) is 125 cm³/mol. The Hall–Kier alpha value is -3.77. The number of aromatic nitrogens is 3. The molecule has 0 saturated carbocycles. The molecule has 11 nitrogen and oxygen atoms in total. The molecule has 3 heterocycles. The molecule has 1 fully saturated rings. The van der Waals surface area contributed by atoms with Crippen LogP contribution in [0.25, 0.3) is 0 Å². The summed E-state index contributed by atoms with van der Waals surface area (Å²) in [6.45, 7) is 5.37. The van der Waals surface area contributed by atoms with Crippen LogP contribution in [0, 0.1) is 6.92 Å². The molecular formula is C21H23N7O4S. The molecule has 2 aromatic heterocycles. The second-order valence-electron chi connectivity index (χ2n) is 7.39. The molecule has 12 heteroatoms. The van der Waals surface area contributed by atoms with Gasteiger partial charge >= 0.3 is 11.9 Å². The van der Waals surface area contributed by atoms with E-state index in [4.69, 9.17) is 5.11 Å². The maximum absolute atomic E-state index is 11.3. The maximum Gasteiger partial charge on any atom is 0.347 e. The molecule has 0 aliphatic carbocycles. The van der Waals surface area contributed by atoms with Gasteiger partial charge in [-0.1, -0.05) is 23.5 Å². The van der Waals surface area contributed by atoms with Gasteiger partial charge in [-0.25, -0.2) is 14.6 Å². The molecule has 1 aromatic carbocycles. The summed E-state index contributed by atoms with van der Waals surface area (Å²) < 4.78 is 0. The topological polar surface area (TPSA) is 153 Å². The molecule has 0 radical (unpaired) electrons. The fourth-order valence-electron chi connectivity index (χ4n) is 3.34. The molecule has 5 N–H and O–H groups in total. The Morgan fingerprint density at radius 1 is 1.09 bits per heavy atom. The van der Waals surface area contributed by atoms with Gasteiger partial charge in [0.1, 0.15) is 16.5 Å². The number of aromatic carboxylic acids is 2. The summed E-state index contributed by atoms with van der Waals surface area (Å²) in [6.07, 6.45) is 0. The van der Waals surface area contributed by atoms with Gasteiger partial charge in [-0.15, -0.1) is 0 Å². The lowest BCUT2D eigenvalue weighted by atomic mass is 10.1. The fourth-order valence-corrected chi connectivity index (χ4v) is 4.14. The van der Waals surface area contributed by atoms with Crippen molar-refractivity contribution in [1.82, 2.24) is 20.3 Å². The SMILES string of the molecule is Cc1nc(Nc2nc(NCc3ccc(C(=O)O)cc3)cc(N3CCNCC3)n2)sc1C(=O)O. The van der Waals surface area contributed by atoms with Gasteiger partial charge in [-0.3, -0.25) is 5.32 Å². The molecule has 4 rings (SSSR count). The molecule has 3 aromatic rings. The number of carbonyl (C=O) groups is 2. The van der Waals surface area contributed by atoms with E-state index in [9.17, 15) is 14.7 Å². The Bertz CT molecular complexity index is 1160. The summed E-state index contributed by atoms with van der Waals surface area (Å²) in [5, 5.41) is 28.3. The van der Waals surface area contributed by atoms with Gasteiger partial charge in [0.15, 0.2) is 5.13 Å². The van der Waals surface area contributed by atoms with Crippen molar-refractivity contribution >= 4 is 46.0 Å². The van der Waals surface area contributed by atoms with Crippen LogP contribution in [-0.4, -0.2) is 63.3 Å². The predicted octanol–water partition coefficient (Wildman–Crippen LogP) is 2.40. The highest BCUT2D eigenvalue weighted by Gasteiger charge is 2.17. The number of hydrogen-bond donors (Lipinski definition) is 5. The van der Waals surface area contributed by atoms with Crippen molar-refractivity contribution < 1.29 is 19.8 Å². The van der Waals surface area contributed by atoms with E-state index in [-0.39, 0.29) is 10.4 Å². The number of carboxylic acids is 2. The van der Waals surface area contributed by atoms with Crippen LogP contribution in [0.15, 0.2) is 30.3 Å². The number of nitrogens with zero attached hydrogens (tertiary/aromatic N) is 4. The highest BCUT2D eigenvalue weighted by Crippen LogP contribution is 2.26. The number of nitrogens with one attached hydrogen (secondary N) is 3. The minimum absolute atomic E-state index is 0.166. The number of anilines is 4. The molecule has 0 unspecified atom stereocenters. The summed E-state index contributed by atoms with van der Waals surface area (Å²) in [5.74, 6) is -0.366. The van der Waals surface area contributed by atoms with Gasteiger partial charge in [0.25, 0.3) is 0 Å². The van der Waals surface area contributed by atoms with Crippen LogP contribution in [-0.2, 0) is 6.54 Å². The third kappa shape index (κ3) is 5.54. The number of thiazole rings is 1. The minimum Gasteiger partial charge on any atom is -0.478 e. The van der Waals surface area contributed by atoms with E-state index in [0.717, 1.165) is 48.9 Å². The van der Waals surface area contributed by atoms with E-state index in [0.29, 0.717) is 29.1 Å². The van der Waals surface area contributed by atoms with E-state index in [2.05, 4.69) is 35.8 Å². The van der Waals surface area contributed by atoms with Crippen LogP contribution in [0.1, 0.15) is 31.3 Å². The first-order valence-corrected chi connectivity index (χ1v) is 11.1. The van der Waals surface area contributed by atoms with Gasteiger partial charge in [-0.05, 0) is 24.6 Å². The lowest BCUT2D eigenvalue weighted by Gasteiger charge is -2.28. The summed E-state index contributed by atoms with van der Waals surface area (Å²) >= 11 is 1.03. The van der Waals surface area contributed by atoms with E-state index in [1.807, 2.05) is 6.07 Å². The first-order valence-electron chi connectivity index (χ1n) is 10.3. The number of benzene rings is 1. The lowest BCUT2D eigenvalue weighted by Crippen LogP contribution is -2.44. The summed E-state index contributed by atoms with van der Waals surface area (Å²) in [7, 11) is 0. The van der Waals surface area contributed by atoms with Crippen LogP contribution in [0.2, 0.25) is 0 Å². The van der Waals surface area contributed by atoms with Gasteiger partial charge in [0.05, 0.1) is 11.3 Å². The minimum atomic E-state index is -1.02. The third-order valence-electron chi connectivity index (χ3n) is 5.04. The average Bonchev–Trinajstić information content (AvgIpc) is 3.18. The number of aryl methyl sites for hydroxylation is 1. The Morgan fingerprint density at radius 2 is 1.82 bits per heavy atom. The van der Waals surface area contributed by atoms with Crippen molar-refractivity contribution in [3.8, 4) is 0 Å². The van der Waals surface area contributed by atoms with Crippen LogP contribution in [0.3, 0.4) is 0 Å². The molecular weight excluding hydrogens is 446 g/mol. The highest BCUT2D eigenvalue weighted by atomic mass is 32.1. The Morgan fingerprint density at radius 3 is 2.45 bits per heavy atom. The highest BCUT2D eigenvalue weighted by molar-refractivity contribution is 7.17. The lowest BCUT2D eigenvalue weighted by molar-refractivity contribution is 0.0688. The van der Waals surface area contributed by atoms with E-state index >= 15 is 0 Å². The monoisotopic (exact) mass is 469 g/mol. The van der Waals surface area contributed by atoms with Gasteiger partial charge in [0, 0.05) is 38.8 Å². The second kappa shape index (κ2) is 9.79. The average molecular weight is 470 g/mol. The van der Waals surface area contributed by atoms with Gasteiger partial charge < -0.3 is 25.7 Å². The van der Waals surface area contributed by atoms with E-state index in [1.54, 1.807) is 31.2 Å². The number of piperazine rings is 1. The summed E-state index contributed by atoms with van der Waals surface area (Å²) in [6, 6.07) is 8.48. The first-order chi connectivity index (χ1) is 15.9. The molecule has 33 heavy (non-hydrogen) atoms. The summed E-state index contributed by atoms with van der Waals surface area (Å²) in [4.78, 5) is 38.1. The molecule has 1 aliphatic heterocycles. The van der Waals surface area contributed by atoms with Crippen molar-refractivity contribution in [3.63, 3.8) is 0 Å². The zero-order chi connectivity index (χ0) is 23.4. The number of rotatable bonds is 8. The molecule has 1 aliphatic rings. The van der Waals surface area contributed by atoms with Gasteiger partial charge in [-0.2, -0.15) is 9.97 Å². The smallest absolute Gasteiger partial charge is 0.347 e. The van der Waals surface area contributed by atoms with Crippen LogP contribution >= 0.6 is 11.3 Å². The van der Waals surface area contributed by atoms with Crippen LogP contribution < -0.4 is 20.9 Å². The quantitative estimate of drug-likeness (QED) is 0.330. The largest absolute Gasteiger partial charge is 0.478 e. The molecule has 0 spiro atoms. The van der Waals surface area contributed by atoms with Crippen molar-refractivity contribution in [1.29, 1.82) is 0 Å². The number of carboxylic acid groups (broad SMARTS) is 2. The van der Waals surface area contributed by atoms with Crippen LogP contribution in [0.4, 0.5) is 22.7 Å². The fraction of sp³-hybridized carbons (Fsp3) is 0.286.